The lowest BCUT2D eigenvalue weighted by molar-refractivity contribution is 0.625. The molecule has 0 saturated carbocycles. The van der Waals surface area contributed by atoms with E-state index in [4.69, 9.17) is 0 Å². The van der Waals surface area contributed by atoms with E-state index in [1.807, 2.05) is 6.20 Å². The highest BCUT2D eigenvalue weighted by molar-refractivity contribution is 9.08. The van der Waals surface area contributed by atoms with E-state index in [0.717, 1.165) is 17.8 Å². The Bertz CT molecular complexity index is 378. The quantitative estimate of drug-likeness (QED) is 0.772. The first-order valence-corrected chi connectivity index (χ1v) is 7.02. The Hall–Kier alpha value is -0.570. The van der Waals surface area contributed by atoms with Crippen LogP contribution < -0.4 is 4.90 Å². The molecule has 0 amide bonds. The highest BCUT2D eigenvalue weighted by atomic mass is 79.9. The van der Waals surface area contributed by atoms with Crippen molar-refractivity contribution in [3.63, 3.8) is 0 Å². The molecular weight excluding hydrogens is 264 g/mol. The summed E-state index contributed by atoms with van der Waals surface area (Å²) in [5.74, 6) is 1.95. The number of alkyl halides is 1. The Morgan fingerprint density at radius 2 is 2.25 bits per heavy atom. The summed E-state index contributed by atoms with van der Waals surface area (Å²) in [6.45, 7) is 7.91. The molecule has 0 spiro atoms. The second-order valence-corrected chi connectivity index (χ2v) is 5.52. The number of aryl methyl sites for hydroxylation is 1. The van der Waals surface area contributed by atoms with Gasteiger partial charge in [0.05, 0.1) is 0 Å². The number of pyridine rings is 1. The summed E-state index contributed by atoms with van der Waals surface area (Å²) in [4.78, 5) is 7.05. The lowest BCUT2D eigenvalue weighted by atomic mass is 10.1. The van der Waals surface area contributed by atoms with Crippen molar-refractivity contribution >= 4 is 21.7 Å². The molecule has 0 aromatic carbocycles. The highest BCUT2D eigenvalue weighted by Gasteiger charge is 2.27. The van der Waals surface area contributed by atoms with Crippen molar-refractivity contribution in [2.75, 3.05) is 11.4 Å². The van der Waals surface area contributed by atoms with E-state index in [2.05, 4.69) is 52.7 Å². The van der Waals surface area contributed by atoms with Crippen molar-refractivity contribution in [2.24, 2.45) is 5.92 Å². The smallest absolute Gasteiger partial charge is 0.131 e. The van der Waals surface area contributed by atoms with Crippen LogP contribution in [0.5, 0.6) is 0 Å². The molecule has 3 heteroatoms. The van der Waals surface area contributed by atoms with Crippen LogP contribution in [0, 0.1) is 12.8 Å². The minimum Gasteiger partial charge on any atom is -0.353 e. The lowest BCUT2D eigenvalue weighted by Gasteiger charge is -2.24. The molecule has 16 heavy (non-hydrogen) atoms. The molecule has 0 radical (unpaired) electrons. The van der Waals surface area contributed by atoms with Gasteiger partial charge in [-0.2, -0.15) is 0 Å². The molecule has 2 unspecified atom stereocenters. The molecule has 1 saturated heterocycles. The van der Waals surface area contributed by atoms with Gasteiger partial charge in [0.15, 0.2) is 0 Å². The van der Waals surface area contributed by atoms with E-state index in [1.54, 1.807) is 0 Å². The van der Waals surface area contributed by atoms with Gasteiger partial charge >= 0.3 is 0 Å². The Balaban J connectivity index is 2.27. The molecule has 0 aliphatic carbocycles. The first-order valence-electron chi connectivity index (χ1n) is 5.90. The normalized spacial score (nSPS) is 25.1. The zero-order valence-electron chi connectivity index (χ0n) is 10.2. The van der Waals surface area contributed by atoms with E-state index in [9.17, 15) is 0 Å². The van der Waals surface area contributed by atoms with Crippen LogP contribution in [0.25, 0.3) is 0 Å². The Morgan fingerprint density at radius 1 is 1.50 bits per heavy atom. The van der Waals surface area contributed by atoms with Gasteiger partial charge in [-0.1, -0.05) is 28.9 Å². The third kappa shape index (κ3) is 2.24. The number of hydrogen-bond acceptors (Lipinski definition) is 2. The zero-order chi connectivity index (χ0) is 11.7. The van der Waals surface area contributed by atoms with E-state index in [0.29, 0.717) is 6.04 Å². The van der Waals surface area contributed by atoms with Crippen LogP contribution >= 0.6 is 15.9 Å². The molecule has 2 heterocycles. The molecule has 2 atom stereocenters. The van der Waals surface area contributed by atoms with Crippen LogP contribution in [0.15, 0.2) is 12.3 Å². The molecule has 1 fully saturated rings. The topological polar surface area (TPSA) is 16.1 Å². The van der Waals surface area contributed by atoms with Gasteiger partial charge < -0.3 is 4.90 Å². The fraction of sp³-hybridized carbons (Fsp3) is 0.615. The molecule has 2 nitrogen and oxygen atoms in total. The van der Waals surface area contributed by atoms with Crippen LogP contribution in [0.3, 0.4) is 0 Å². The average Bonchev–Trinajstić information content (AvgIpc) is 2.57. The number of aromatic nitrogens is 1. The standard InChI is InChI=1S/C13H19BrN2/c1-9-4-11(3)16(8-9)13-10(2)5-12(6-14)7-15-13/h5,7,9,11H,4,6,8H2,1-3H3. The number of hydrogen-bond donors (Lipinski definition) is 0. The monoisotopic (exact) mass is 282 g/mol. The highest BCUT2D eigenvalue weighted by Crippen LogP contribution is 2.29. The summed E-state index contributed by atoms with van der Waals surface area (Å²) in [6, 6.07) is 2.85. The van der Waals surface area contributed by atoms with Crippen LogP contribution in [0.4, 0.5) is 5.82 Å². The maximum Gasteiger partial charge on any atom is 0.131 e. The largest absolute Gasteiger partial charge is 0.353 e. The molecule has 0 bridgehead atoms. The summed E-state index contributed by atoms with van der Waals surface area (Å²) in [7, 11) is 0. The molecule has 1 aromatic rings. The molecule has 1 aliphatic heterocycles. The maximum absolute atomic E-state index is 4.61. The van der Waals surface area contributed by atoms with Crippen molar-refractivity contribution < 1.29 is 0 Å². The van der Waals surface area contributed by atoms with E-state index in [1.165, 1.54) is 23.4 Å². The van der Waals surface area contributed by atoms with Crippen LogP contribution in [-0.2, 0) is 5.33 Å². The molecule has 1 aromatic heterocycles. The van der Waals surface area contributed by atoms with Gasteiger partial charge in [-0.25, -0.2) is 4.98 Å². The van der Waals surface area contributed by atoms with Gasteiger partial charge in [0.25, 0.3) is 0 Å². The van der Waals surface area contributed by atoms with E-state index in [-0.39, 0.29) is 0 Å². The van der Waals surface area contributed by atoms with Crippen LogP contribution in [0.2, 0.25) is 0 Å². The Kier molecular flexibility index (Phi) is 3.53. The predicted octanol–water partition coefficient (Wildman–Crippen LogP) is 3.52. The fourth-order valence-electron chi connectivity index (χ4n) is 2.59. The molecule has 0 N–H and O–H groups in total. The predicted molar refractivity (Wildman–Crippen MR) is 72.2 cm³/mol. The third-order valence-corrected chi connectivity index (χ3v) is 3.97. The molecule has 2 rings (SSSR count). The SMILES string of the molecule is Cc1cc(CBr)cnc1N1CC(C)CC1C. The summed E-state index contributed by atoms with van der Waals surface area (Å²) in [5.41, 5.74) is 2.54. The van der Waals surface area contributed by atoms with Crippen molar-refractivity contribution in [1.82, 2.24) is 4.98 Å². The summed E-state index contributed by atoms with van der Waals surface area (Å²) in [5, 5.41) is 0.882. The second kappa shape index (κ2) is 4.74. The molecule has 88 valence electrons. The van der Waals surface area contributed by atoms with Crippen LogP contribution in [0.1, 0.15) is 31.4 Å². The van der Waals surface area contributed by atoms with Gasteiger partial charge in [-0.15, -0.1) is 0 Å². The van der Waals surface area contributed by atoms with Crippen molar-refractivity contribution in [3.05, 3.63) is 23.4 Å². The average molecular weight is 283 g/mol. The number of nitrogens with zero attached hydrogens (tertiary/aromatic N) is 2. The zero-order valence-corrected chi connectivity index (χ0v) is 11.8. The number of halogens is 1. The Morgan fingerprint density at radius 3 is 2.75 bits per heavy atom. The molecule has 1 aliphatic rings. The first-order chi connectivity index (χ1) is 7.61. The van der Waals surface area contributed by atoms with E-state index >= 15 is 0 Å². The lowest BCUT2D eigenvalue weighted by Crippen LogP contribution is -2.28. The van der Waals surface area contributed by atoms with Crippen LogP contribution in [-0.4, -0.2) is 17.6 Å². The van der Waals surface area contributed by atoms with Gasteiger partial charge in [0.2, 0.25) is 0 Å². The third-order valence-electron chi connectivity index (χ3n) is 3.32. The van der Waals surface area contributed by atoms with Crippen molar-refractivity contribution in [1.29, 1.82) is 0 Å². The summed E-state index contributed by atoms with van der Waals surface area (Å²) < 4.78 is 0. The minimum atomic E-state index is 0.621. The van der Waals surface area contributed by atoms with Crippen molar-refractivity contribution in [2.45, 2.75) is 38.6 Å². The van der Waals surface area contributed by atoms with Gasteiger partial charge in [-0.05, 0) is 37.3 Å². The maximum atomic E-state index is 4.61. The van der Waals surface area contributed by atoms with Gasteiger partial charge in [-0.3, -0.25) is 0 Å². The van der Waals surface area contributed by atoms with Gasteiger partial charge in [0.1, 0.15) is 5.82 Å². The summed E-state index contributed by atoms with van der Waals surface area (Å²) in [6.07, 6.45) is 3.26. The first kappa shape index (κ1) is 11.9. The fourth-order valence-corrected chi connectivity index (χ4v) is 2.90. The number of anilines is 1. The van der Waals surface area contributed by atoms with Crippen molar-refractivity contribution in [3.8, 4) is 0 Å². The Labute approximate surface area is 106 Å². The second-order valence-electron chi connectivity index (χ2n) is 4.96. The number of rotatable bonds is 2. The van der Waals surface area contributed by atoms with Gasteiger partial charge in [0, 0.05) is 24.1 Å². The molecular formula is C13H19BrN2. The minimum absolute atomic E-state index is 0.621. The van der Waals surface area contributed by atoms with E-state index < -0.39 is 0 Å². The summed E-state index contributed by atoms with van der Waals surface area (Å²) >= 11 is 3.47.